The highest BCUT2D eigenvalue weighted by molar-refractivity contribution is 8.00. The molecule has 1 saturated carbocycles. The van der Waals surface area contributed by atoms with Crippen LogP contribution in [0.15, 0.2) is 36.4 Å². The molecule has 1 unspecified atom stereocenters. The van der Waals surface area contributed by atoms with Crippen LogP contribution in [-0.2, 0) is 11.3 Å². The normalized spacial score (nSPS) is 19.0. The Morgan fingerprint density at radius 3 is 2.29 bits per heavy atom. The maximum atomic E-state index is 12.7. The zero-order chi connectivity index (χ0) is 21.8. The summed E-state index contributed by atoms with van der Waals surface area (Å²) in [5.74, 6) is 3.41. The SMILES string of the molecule is COc1ccc(CN2C(=O)CSC2c2ccc(OC)c(OC3CCCC3)c2)cc1OC. The number of carbonyl (C=O) groups is 1. The number of methoxy groups -OCH3 is 3. The Labute approximate surface area is 187 Å². The molecule has 1 atom stereocenters. The molecule has 2 aromatic carbocycles. The summed E-state index contributed by atoms with van der Waals surface area (Å²) in [6, 6.07) is 11.8. The minimum absolute atomic E-state index is 0.0718. The van der Waals surface area contributed by atoms with Gasteiger partial charge in [-0.15, -0.1) is 11.8 Å². The van der Waals surface area contributed by atoms with E-state index >= 15 is 0 Å². The fourth-order valence-electron chi connectivity index (χ4n) is 4.20. The van der Waals surface area contributed by atoms with Crippen molar-refractivity contribution >= 4 is 17.7 Å². The van der Waals surface area contributed by atoms with Gasteiger partial charge in [0.05, 0.1) is 33.2 Å². The van der Waals surface area contributed by atoms with Gasteiger partial charge >= 0.3 is 0 Å². The van der Waals surface area contributed by atoms with Gasteiger partial charge in [0.25, 0.3) is 0 Å². The van der Waals surface area contributed by atoms with E-state index < -0.39 is 0 Å². The van der Waals surface area contributed by atoms with Crippen LogP contribution in [0.4, 0.5) is 0 Å². The highest BCUT2D eigenvalue weighted by Gasteiger charge is 2.33. The van der Waals surface area contributed by atoms with Crippen molar-refractivity contribution in [3.05, 3.63) is 47.5 Å². The second-order valence-corrected chi connectivity index (χ2v) is 8.88. The Morgan fingerprint density at radius 2 is 1.58 bits per heavy atom. The fourth-order valence-corrected chi connectivity index (χ4v) is 5.38. The molecule has 0 N–H and O–H groups in total. The lowest BCUT2D eigenvalue weighted by molar-refractivity contribution is -0.128. The largest absolute Gasteiger partial charge is 0.493 e. The van der Waals surface area contributed by atoms with Gasteiger partial charge in [-0.25, -0.2) is 0 Å². The van der Waals surface area contributed by atoms with Crippen molar-refractivity contribution in [2.75, 3.05) is 27.1 Å². The van der Waals surface area contributed by atoms with E-state index in [-0.39, 0.29) is 17.4 Å². The van der Waals surface area contributed by atoms with Crippen LogP contribution in [-0.4, -0.2) is 44.0 Å². The average Bonchev–Trinajstić information content (AvgIpc) is 3.43. The number of rotatable bonds is 8. The van der Waals surface area contributed by atoms with Crippen LogP contribution in [0.2, 0.25) is 0 Å². The van der Waals surface area contributed by atoms with E-state index in [2.05, 4.69) is 0 Å². The molecule has 6 nitrogen and oxygen atoms in total. The van der Waals surface area contributed by atoms with E-state index in [1.807, 2.05) is 41.3 Å². The molecule has 4 rings (SSSR count). The molecule has 2 aromatic rings. The molecule has 1 amide bonds. The third-order valence-electron chi connectivity index (χ3n) is 5.84. The number of carbonyl (C=O) groups excluding carboxylic acids is 1. The second-order valence-electron chi connectivity index (χ2n) is 7.81. The van der Waals surface area contributed by atoms with E-state index in [0.29, 0.717) is 23.8 Å². The first-order valence-electron chi connectivity index (χ1n) is 10.6. The van der Waals surface area contributed by atoms with Gasteiger partial charge in [-0.3, -0.25) is 4.79 Å². The Bertz CT molecular complexity index is 928. The van der Waals surface area contributed by atoms with Crippen LogP contribution in [0.25, 0.3) is 0 Å². The quantitative estimate of drug-likeness (QED) is 0.584. The number of thioether (sulfide) groups is 1. The molecule has 0 radical (unpaired) electrons. The summed E-state index contributed by atoms with van der Waals surface area (Å²) in [6.45, 7) is 0.502. The van der Waals surface area contributed by atoms with Crippen molar-refractivity contribution in [3.8, 4) is 23.0 Å². The smallest absolute Gasteiger partial charge is 0.234 e. The van der Waals surface area contributed by atoms with Gasteiger partial charge in [0, 0.05) is 6.54 Å². The average molecular weight is 444 g/mol. The molecule has 1 aliphatic heterocycles. The van der Waals surface area contributed by atoms with E-state index in [1.54, 1.807) is 33.1 Å². The standard InChI is InChI=1S/C24H29NO5S/c1-27-19-10-8-16(12-21(19)29-3)14-25-23(26)15-31-24(25)17-9-11-20(28-2)22(13-17)30-18-6-4-5-7-18/h8-13,18,24H,4-7,14-15H2,1-3H3. The van der Waals surface area contributed by atoms with Gasteiger partial charge in [-0.2, -0.15) is 0 Å². The van der Waals surface area contributed by atoms with Crippen LogP contribution in [0.3, 0.4) is 0 Å². The first kappa shape index (κ1) is 21.7. The summed E-state index contributed by atoms with van der Waals surface area (Å²) in [6.07, 6.45) is 4.81. The van der Waals surface area contributed by atoms with Crippen LogP contribution in [0, 0.1) is 0 Å². The Morgan fingerprint density at radius 1 is 0.903 bits per heavy atom. The van der Waals surface area contributed by atoms with Gasteiger partial charge in [0.15, 0.2) is 23.0 Å². The summed E-state index contributed by atoms with van der Waals surface area (Å²) in [5, 5.41) is -0.0718. The molecular weight excluding hydrogens is 414 g/mol. The summed E-state index contributed by atoms with van der Waals surface area (Å²) in [7, 11) is 4.89. The molecule has 1 heterocycles. The molecular formula is C24H29NO5S. The fraction of sp³-hybridized carbons (Fsp3) is 0.458. The maximum Gasteiger partial charge on any atom is 0.234 e. The van der Waals surface area contributed by atoms with Crippen molar-refractivity contribution < 1.29 is 23.7 Å². The molecule has 7 heteroatoms. The van der Waals surface area contributed by atoms with E-state index in [1.165, 1.54) is 12.8 Å². The van der Waals surface area contributed by atoms with E-state index in [0.717, 1.165) is 35.5 Å². The van der Waals surface area contributed by atoms with Gasteiger partial charge in [0.1, 0.15) is 5.37 Å². The maximum absolute atomic E-state index is 12.7. The molecule has 0 aromatic heterocycles. The van der Waals surface area contributed by atoms with Crippen molar-refractivity contribution in [3.63, 3.8) is 0 Å². The number of amides is 1. The van der Waals surface area contributed by atoms with Crippen molar-refractivity contribution in [1.29, 1.82) is 0 Å². The van der Waals surface area contributed by atoms with Crippen LogP contribution < -0.4 is 18.9 Å². The highest BCUT2D eigenvalue weighted by Crippen LogP contribution is 2.43. The van der Waals surface area contributed by atoms with Crippen molar-refractivity contribution in [1.82, 2.24) is 4.90 Å². The number of benzene rings is 2. The molecule has 2 fully saturated rings. The summed E-state index contributed by atoms with van der Waals surface area (Å²) >= 11 is 1.64. The lowest BCUT2D eigenvalue weighted by atomic mass is 10.1. The molecule has 166 valence electrons. The number of hydrogen-bond donors (Lipinski definition) is 0. The second kappa shape index (κ2) is 9.73. The third-order valence-corrected chi connectivity index (χ3v) is 7.09. The zero-order valence-electron chi connectivity index (χ0n) is 18.3. The summed E-state index contributed by atoms with van der Waals surface area (Å²) in [5.41, 5.74) is 2.04. The van der Waals surface area contributed by atoms with Gasteiger partial charge in [-0.1, -0.05) is 12.1 Å². The predicted octanol–water partition coefficient (Wildman–Crippen LogP) is 4.81. The summed E-state index contributed by atoms with van der Waals surface area (Å²) in [4.78, 5) is 14.6. The van der Waals surface area contributed by atoms with Crippen LogP contribution in [0.5, 0.6) is 23.0 Å². The Hall–Kier alpha value is -2.54. The Balaban J connectivity index is 1.57. The third kappa shape index (κ3) is 4.71. The first-order valence-corrected chi connectivity index (χ1v) is 11.6. The molecule has 0 bridgehead atoms. The monoisotopic (exact) mass is 443 g/mol. The minimum Gasteiger partial charge on any atom is -0.493 e. The highest BCUT2D eigenvalue weighted by atomic mass is 32.2. The molecule has 31 heavy (non-hydrogen) atoms. The topological polar surface area (TPSA) is 57.2 Å². The number of hydrogen-bond acceptors (Lipinski definition) is 6. The van der Waals surface area contributed by atoms with Gasteiger partial charge in [0.2, 0.25) is 5.91 Å². The zero-order valence-corrected chi connectivity index (χ0v) is 19.1. The van der Waals surface area contributed by atoms with Gasteiger partial charge in [-0.05, 0) is 61.1 Å². The molecule has 1 aliphatic carbocycles. The van der Waals surface area contributed by atoms with Crippen molar-refractivity contribution in [2.45, 2.75) is 43.7 Å². The minimum atomic E-state index is -0.0718. The van der Waals surface area contributed by atoms with Crippen LogP contribution in [0.1, 0.15) is 42.2 Å². The molecule has 0 spiro atoms. The van der Waals surface area contributed by atoms with E-state index in [4.69, 9.17) is 18.9 Å². The first-order chi connectivity index (χ1) is 15.1. The molecule has 2 aliphatic rings. The van der Waals surface area contributed by atoms with Crippen LogP contribution >= 0.6 is 11.8 Å². The van der Waals surface area contributed by atoms with Gasteiger partial charge < -0.3 is 23.8 Å². The molecule has 1 saturated heterocycles. The number of ether oxygens (including phenoxy) is 4. The number of nitrogens with zero attached hydrogens (tertiary/aromatic N) is 1. The summed E-state index contributed by atoms with van der Waals surface area (Å²) < 4.78 is 22.5. The lowest BCUT2D eigenvalue weighted by Crippen LogP contribution is -2.27. The Kier molecular flexibility index (Phi) is 6.80. The predicted molar refractivity (Wildman–Crippen MR) is 121 cm³/mol. The lowest BCUT2D eigenvalue weighted by Gasteiger charge is -2.26. The van der Waals surface area contributed by atoms with Crippen molar-refractivity contribution in [2.24, 2.45) is 0 Å². The van der Waals surface area contributed by atoms with E-state index in [9.17, 15) is 4.79 Å².